The van der Waals surface area contributed by atoms with E-state index in [0.29, 0.717) is 17.0 Å². The summed E-state index contributed by atoms with van der Waals surface area (Å²) in [6.07, 6.45) is 0.200. The minimum Gasteiger partial charge on any atom is -0.497 e. The molecule has 4 aromatic rings. The van der Waals surface area contributed by atoms with E-state index in [2.05, 4.69) is 20.8 Å². The van der Waals surface area contributed by atoms with E-state index in [1.165, 1.54) is 0 Å². The van der Waals surface area contributed by atoms with Crippen molar-refractivity contribution in [1.29, 1.82) is 0 Å². The largest absolute Gasteiger partial charge is 0.497 e. The first-order valence-electron chi connectivity index (χ1n) is 9.84. The Balaban J connectivity index is 1.45. The van der Waals surface area contributed by atoms with Gasteiger partial charge in [-0.15, -0.1) is 5.10 Å². The molecule has 2 N–H and O–H groups in total. The van der Waals surface area contributed by atoms with Crippen molar-refractivity contribution in [3.8, 4) is 17.2 Å². The molecule has 160 valence electrons. The molecule has 0 aliphatic heterocycles. The molecule has 0 spiro atoms. The molecule has 8 heteroatoms. The normalized spacial score (nSPS) is 10.4. The molecule has 0 fully saturated rings. The minimum absolute atomic E-state index is 0.0498. The second kappa shape index (κ2) is 9.57. The number of carbonyl (C=O) groups is 2. The summed E-state index contributed by atoms with van der Waals surface area (Å²) in [5.41, 5.74) is 2.23. The van der Waals surface area contributed by atoms with Gasteiger partial charge in [0, 0.05) is 5.56 Å². The van der Waals surface area contributed by atoms with Crippen LogP contribution in [0.15, 0.2) is 83.3 Å². The van der Waals surface area contributed by atoms with Gasteiger partial charge in [-0.05, 0) is 42.0 Å². The second-order valence-electron chi connectivity index (χ2n) is 6.85. The second-order valence-corrected chi connectivity index (χ2v) is 6.85. The first-order chi connectivity index (χ1) is 15.6. The molecule has 1 heterocycles. The summed E-state index contributed by atoms with van der Waals surface area (Å²) in [5, 5.41) is 13.2. The molecule has 0 aliphatic carbocycles. The number of ether oxygens (including phenoxy) is 1. The van der Waals surface area contributed by atoms with Crippen LogP contribution in [0.2, 0.25) is 0 Å². The number of hydrogen-bond donors (Lipinski definition) is 2. The number of aromatic nitrogens is 2. The van der Waals surface area contributed by atoms with E-state index in [-0.39, 0.29) is 29.8 Å². The molecular formula is C24H20N4O4. The Labute approximate surface area is 184 Å². The molecule has 3 aromatic carbocycles. The quantitative estimate of drug-likeness (QED) is 0.457. The van der Waals surface area contributed by atoms with Gasteiger partial charge >= 0.3 is 6.01 Å². The zero-order valence-electron chi connectivity index (χ0n) is 17.2. The van der Waals surface area contributed by atoms with Crippen LogP contribution in [0.3, 0.4) is 0 Å². The highest BCUT2D eigenvalue weighted by molar-refractivity contribution is 6.09. The van der Waals surface area contributed by atoms with Gasteiger partial charge in [0.15, 0.2) is 0 Å². The van der Waals surface area contributed by atoms with Crippen LogP contribution in [-0.4, -0.2) is 29.1 Å². The third-order valence-corrected chi connectivity index (χ3v) is 4.64. The Morgan fingerprint density at radius 2 is 1.59 bits per heavy atom. The van der Waals surface area contributed by atoms with Gasteiger partial charge in [-0.25, -0.2) is 0 Å². The molecule has 0 radical (unpaired) electrons. The van der Waals surface area contributed by atoms with Crippen molar-refractivity contribution in [3.05, 3.63) is 90.0 Å². The van der Waals surface area contributed by atoms with Gasteiger partial charge in [-0.2, -0.15) is 0 Å². The molecule has 0 saturated heterocycles. The van der Waals surface area contributed by atoms with Crippen LogP contribution >= 0.6 is 0 Å². The van der Waals surface area contributed by atoms with Crippen molar-refractivity contribution in [2.45, 2.75) is 6.42 Å². The summed E-state index contributed by atoms with van der Waals surface area (Å²) >= 11 is 0. The fraction of sp³-hybridized carbons (Fsp3) is 0.0833. The molecule has 0 unspecified atom stereocenters. The number of para-hydroxylation sites is 1. The molecule has 32 heavy (non-hydrogen) atoms. The lowest BCUT2D eigenvalue weighted by atomic mass is 10.1. The van der Waals surface area contributed by atoms with Crippen molar-refractivity contribution >= 4 is 23.5 Å². The zero-order valence-corrected chi connectivity index (χ0v) is 17.2. The van der Waals surface area contributed by atoms with Crippen molar-refractivity contribution in [3.63, 3.8) is 0 Å². The predicted octanol–water partition coefficient (Wildman–Crippen LogP) is 4.18. The van der Waals surface area contributed by atoms with Crippen molar-refractivity contribution in [2.75, 3.05) is 17.7 Å². The van der Waals surface area contributed by atoms with Crippen molar-refractivity contribution < 1.29 is 18.7 Å². The van der Waals surface area contributed by atoms with Gasteiger partial charge in [-0.1, -0.05) is 47.6 Å². The van der Waals surface area contributed by atoms with Gasteiger partial charge in [0.2, 0.25) is 11.8 Å². The minimum atomic E-state index is -0.481. The maximum absolute atomic E-state index is 12.8. The standard InChI is InChI=1S/C24H20N4O4/c1-31-18-13-11-17(12-14-18)23-27-28-24(32-23)26-22(30)19-9-5-6-10-20(19)25-21(29)15-16-7-3-2-4-8-16/h2-14H,15H2,1H3,(H,25,29)(H,26,28,30). The highest BCUT2D eigenvalue weighted by Crippen LogP contribution is 2.23. The number of carbonyl (C=O) groups excluding carboxylic acids is 2. The highest BCUT2D eigenvalue weighted by Gasteiger charge is 2.17. The zero-order chi connectivity index (χ0) is 22.3. The number of methoxy groups -OCH3 is 1. The van der Waals surface area contributed by atoms with E-state index in [0.717, 1.165) is 5.56 Å². The van der Waals surface area contributed by atoms with Gasteiger partial charge < -0.3 is 14.5 Å². The highest BCUT2D eigenvalue weighted by atomic mass is 16.5. The maximum atomic E-state index is 12.8. The van der Waals surface area contributed by atoms with Crippen LogP contribution in [0.1, 0.15) is 15.9 Å². The Morgan fingerprint density at radius 3 is 2.34 bits per heavy atom. The van der Waals surface area contributed by atoms with E-state index >= 15 is 0 Å². The average molecular weight is 428 g/mol. The number of hydrogen-bond acceptors (Lipinski definition) is 6. The van der Waals surface area contributed by atoms with Crippen LogP contribution in [0.5, 0.6) is 5.75 Å². The molecule has 1 aromatic heterocycles. The van der Waals surface area contributed by atoms with Crippen LogP contribution < -0.4 is 15.4 Å². The summed E-state index contributed by atoms with van der Waals surface area (Å²) in [6.45, 7) is 0. The van der Waals surface area contributed by atoms with Crippen LogP contribution in [-0.2, 0) is 11.2 Å². The Hall–Kier alpha value is -4.46. The fourth-order valence-electron chi connectivity index (χ4n) is 3.05. The van der Waals surface area contributed by atoms with Crippen molar-refractivity contribution in [1.82, 2.24) is 10.2 Å². The lowest BCUT2D eigenvalue weighted by Crippen LogP contribution is -2.19. The third kappa shape index (κ3) is 4.99. The lowest BCUT2D eigenvalue weighted by molar-refractivity contribution is -0.115. The Bertz CT molecular complexity index is 1220. The number of nitrogens with zero attached hydrogens (tertiary/aromatic N) is 2. The van der Waals surface area contributed by atoms with Gasteiger partial charge in [-0.3, -0.25) is 14.9 Å². The molecule has 0 aliphatic rings. The molecule has 0 atom stereocenters. The first kappa shape index (κ1) is 20.8. The number of anilines is 2. The van der Waals surface area contributed by atoms with Gasteiger partial charge in [0.05, 0.1) is 24.8 Å². The van der Waals surface area contributed by atoms with E-state index < -0.39 is 5.91 Å². The number of amides is 2. The summed E-state index contributed by atoms with van der Waals surface area (Å²) in [6, 6.07) is 23.1. The molecule has 8 nitrogen and oxygen atoms in total. The van der Waals surface area contributed by atoms with E-state index in [1.807, 2.05) is 30.3 Å². The molecule has 2 amide bonds. The van der Waals surface area contributed by atoms with E-state index in [1.54, 1.807) is 55.6 Å². The number of benzene rings is 3. The van der Waals surface area contributed by atoms with Crippen LogP contribution in [0.4, 0.5) is 11.7 Å². The number of rotatable bonds is 7. The monoisotopic (exact) mass is 428 g/mol. The fourth-order valence-corrected chi connectivity index (χ4v) is 3.05. The SMILES string of the molecule is COc1ccc(-c2nnc(NC(=O)c3ccccc3NC(=O)Cc3ccccc3)o2)cc1. The topological polar surface area (TPSA) is 106 Å². The van der Waals surface area contributed by atoms with Crippen molar-refractivity contribution in [2.24, 2.45) is 0 Å². The third-order valence-electron chi connectivity index (χ3n) is 4.64. The maximum Gasteiger partial charge on any atom is 0.322 e. The predicted molar refractivity (Wildman–Crippen MR) is 119 cm³/mol. The molecule has 0 bridgehead atoms. The molecule has 0 saturated carbocycles. The van der Waals surface area contributed by atoms with Crippen LogP contribution in [0.25, 0.3) is 11.5 Å². The average Bonchev–Trinajstić information content (AvgIpc) is 3.28. The van der Waals surface area contributed by atoms with Gasteiger partial charge in [0.25, 0.3) is 5.91 Å². The first-order valence-corrected chi connectivity index (χ1v) is 9.84. The van der Waals surface area contributed by atoms with Gasteiger partial charge in [0.1, 0.15) is 5.75 Å². The Morgan fingerprint density at radius 1 is 0.875 bits per heavy atom. The van der Waals surface area contributed by atoms with Crippen LogP contribution in [0, 0.1) is 0 Å². The van der Waals surface area contributed by atoms with E-state index in [4.69, 9.17) is 9.15 Å². The summed E-state index contributed by atoms with van der Waals surface area (Å²) in [7, 11) is 1.58. The summed E-state index contributed by atoms with van der Waals surface area (Å²) in [5.74, 6) is 0.252. The lowest BCUT2D eigenvalue weighted by Gasteiger charge is -2.10. The Kier molecular flexibility index (Phi) is 6.22. The smallest absolute Gasteiger partial charge is 0.322 e. The number of nitrogens with one attached hydrogen (secondary N) is 2. The summed E-state index contributed by atoms with van der Waals surface area (Å²) < 4.78 is 10.7. The summed E-state index contributed by atoms with van der Waals surface area (Å²) in [4.78, 5) is 25.2. The van der Waals surface area contributed by atoms with E-state index in [9.17, 15) is 9.59 Å². The molecular weight excluding hydrogens is 408 g/mol. The molecule has 4 rings (SSSR count).